The van der Waals surface area contributed by atoms with Crippen LogP contribution >= 0.6 is 0 Å². The van der Waals surface area contributed by atoms with Crippen LogP contribution in [0.15, 0.2) is 48.5 Å². The van der Waals surface area contributed by atoms with E-state index < -0.39 is 29.6 Å². The van der Waals surface area contributed by atoms with E-state index in [2.05, 4.69) is 22.8 Å². The summed E-state index contributed by atoms with van der Waals surface area (Å²) in [6.07, 6.45) is 0.0871. The lowest BCUT2D eigenvalue weighted by Gasteiger charge is -2.24. The number of carbonyl (C=O) groups is 3. The van der Waals surface area contributed by atoms with Gasteiger partial charge in [0.05, 0.1) is 0 Å². The van der Waals surface area contributed by atoms with Crippen molar-refractivity contribution in [1.82, 2.24) is 10.6 Å². The van der Waals surface area contributed by atoms with Crippen LogP contribution in [0.4, 0.5) is 4.79 Å². The summed E-state index contributed by atoms with van der Waals surface area (Å²) < 4.78 is 5.52. The summed E-state index contributed by atoms with van der Waals surface area (Å²) in [7, 11) is 0. The van der Waals surface area contributed by atoms with Crippen molar-refractivity contribution >= 4 is 18.0 Å². The SMILES string of the molecule is CC(C)[C@H](NC(=O)OCC1c2ccccc2-c2ccccc21)C(=O)NC1(C(=O)O)CC1. The Hall–Kier alpha value is -3.35. The largest absolute Gasteiger partial charge is 0.480 e. The van der Waals surface area contributed by atoms with Gasteiger partial charge in [-0.3, -0.25) is 4.79 Å². The van der Waals surface area contributed by atoms with Crippen LogP contribution < -0.4 is 10.6 Å². The molecular weight excluding hydrogens is 396 g/mol. The highest BCUT2D eigenvalue weighted by Crippen LogP contribution is 2.44. The van der Waals surface area contributed by atoms with E-state index in [0.29, 0.717) is 12.8 Å². The smallest absolute Gasteiger partial charge is 0.407 e. The van der Waals surface area contributed by atoms with Gasteiger partial charge < -0.3 is 20.5 Å². The quantitative estimate of drug-likeness (QED) is 0.635. The Labute approximate surface area is 180 Å². The summed E-state index contributed by atoms with van der Waals surface area (Å²) in [6, 6.07) is 15.2. The number of amides is 2. The molecule has 0 radical (unpaired) electrons. The molecule has 2 aromatic rings. The summed E-state index contributed by atoms with van der Waals surface area (Å²) in [6.45, 7) is 3.72. The predicted octanol–water partition coefficient (Wildman–Crippen LogP) is 3.28. The second-order valence-electron chi connectivity index (χ2n) is 8.57. The van der Waals surface area contributed by atoms with Crippen molar-refractivity contribution in [3.63, 3.8) is 0 Å². The van der Waals surface area contributed by atoms with Gasteiger partial charge in [0.15, 0.2) is 0 Å². The van der Waals surface area contributed by atoms with Crippen molar-refractivity contribution in [3.8, 4) is 11.1 Å². The number of aliphatic carboxylic acids is 1. The number of nitrogens with one attached hydrogen (secondary N) is 2. The average molecular weight is 422 g/mol. The summed E-state index contributed by atoms with van der Waals surface area (Å²) in [5.41, 5.74) is 3.27. The van der Waals surface area contributed by atoms with E-state index in [4.69, 9.17) is 4.74 Å². The van der Waals surface area contributed by atoms with E-state index in [1.54, 1.807) is 13.8 Å². The van der Waals surface area contributed by atoms with E-state index >= 15 is 0 Å². The zero-order chi connectivity index (χ0) is 22.2. The maximum absolute atomic E-state index is 12.6. The molecule has 0 bridgehead atoms. The maximum atomic E-state index is 12.6. The van der Waals surface area contributed by atoms with E-state index in [0.717, 1.165) is 22.3 Å². The minimum Gasteiger partial charge on any atom is -0.480 e. The van der Waals surface area contributed by atoms with Crippen LogP contribution in [-0.4, -0.2) is 41.3 Å². The molecule has 1 atom stereocenters. The molecule has 0 saturated heterocycles. The Kier molecular flexibility index (Phi) is 5.43. The molecule has 7 heteroatoms. The molecular formula is C24H26N2O5. The first-order valence-electron chi connectivity index (χ1n) is 10.5. The highest BCUT2D eigenvalue weighted by molar-refractivity contribution is 5.93. The lowest BCUT2D eigenvalue weighted by atomic mass is 9.98. The molecule has 0 aliphatic heterocycles. The van der Waals surface area contributed by atoms with Crippen molar-refractivity contribution < 1.29 is 24.2 Å². The van der Waals surface area contributed by atoms with Gasteiger partial charge in [-0.25, -0.2) is 9.59 Å². The fourth-order valence-electron chi connectivity index (χ4n) is 4.13. The van der Waals surface area contributed by atoms with Crippen molar-refractivity contribution in [1.29, 1.82) is 0 Å². The fourth-order valence-corrected chi connectivity index (χ4v) is 4.13. The average Bonchev–Trinajstić information content (AvgIpc) is 3.46. The minimum atomic E-state index is -1.20. The van der Waals surface area contributed by atoms with Gasteiger partial charge in [0, 0.05) is 5.92 Å². The number of carboxylic acid groups (broad SMARTS) is 1. The molecule has 0 spiro atoms. The molecule has 0 heterocycles. The fraction of sp³-hybridized carbons (Fsp3) is 0.375. The normalized spacial score (nSPS) is 16.7. The first-order chi connectivity index (χ1) is 14.8. The van der Waals surface area contributed by atoms with Crippen molar-refractivity contribution in [3.05, 3.63) is 59.7 Å². The molecule has 3 N–H and O–H groups in total. The topological polar surface area (TPSA) is 105 Å². The Morgan fingerprint density at radius 3 is 2.06 bits per heavy atom. The monoisotopic (exact) mass is 422 g/mol. The molecule has 0 unspecified atom stereocenters. The number of carboxylic acids is 1. The summed E-state index contributed by atoms with van der Waals surface area (Å²) >= 11 is 0. The van der Waals surface area contributed by atoms with E-state index in [-0.39, 0.29) is 18.4 Å². The summed E-state index contributed by atoms with van der Waals surface area (Å²) in [5.74, 6) is -1.87. The minimum absolute atomic E-state index is 0.0776. The molecule has 1 fully saturated rings. The third-order valence-corrected chi connectivity index (χ3v) is 6.09. The number of alkyl carbamates (subject to hydrolysis) is 1. The molecule has 2 aliphatic rings. The van der Waals surface area contributed by atoms with E-state index in [9.17, 15) is 19.5 Å². The first kappa shape index (κ1) is 20.9. The van der Waals surface area contributed by atoms with Gasteiger partial charge in [0.2, 0.25) is 5.91 Å². The van der Waals surface area contributed by atoms with Crippen LogP contribution in [0.2, 0.25) is 0 Å². The maximum Gasteiger partial charge on any atom is 0.407 e. The van der Waals surface area contributed by atoms with Gasteiger partial charge in [-0.2, -0.15) is 0 Å². The first-order valence-corrected chi connectivity index (χ1v) is 10.5. The number of fused-ring (bicyclic) bond motifs is 3. The molecule has 7 nitrogen and oxygen atoms in total. The number of hydrogen-bond acceptors (Lipinski definition) is 4. The third-order valence-electron chi connectivity index (χ3n) is 6.09. The van der Waals surface area contributed by atoms with Gasteiger partial charge in [-0.15, -0.1) is 0 Å². The highest BCUT2D eigenvalue weighted by atomic mass is 16.5. The molecule has 162 valence electrons. The Bertz CT molecular complexity index is 983. The van der Waals surface area contributed by atoms with E-state index in [1.165, 1.54) is 0 Å². The van der Waals surface area contributed by atoms with Crippen LogP contribution in [0.3, 0.4) is 0 Å². The summed E-state index contributed by atoms with van der Waals surface area (Å²) in [4.78, 5) is 36.5. The number of ether oxygens (including phenoxy) is 1. The number of rotatable bonds is 7. The zero-order valence-corrected chi connectivity index (χ0v) is 17.6. The van der Waals surface area contributed by atoms with Gasteiger partial charge in [0.25, 0.3) is 0 Å². The molecule has 2 aromatic carbocycles. The standard InChI is InChI=1S/C24H26N2O5/c1-14(2)20(21(27)26-24(11-12-24)22(28)29)25-23(30)31-13-19-17-9-5-3-7-15(17)16-8-4-6-10-18(16)19/h3-10,14,19-20H,11-13H2,1-2H3,(H,25,30)(H,26,27)(H,28,29)/t20-/m0/s1. The van der Waals surface area contributed by atoms with Crippen LogP contribution in [0.1, 0.15) is 43.7 Å². The lowest BCUT2D eigenvalue weighted by Crippen LogP contribution is -2.54. The van der Waals surface area contributed by atoms with Crippen molar-refractivity contribution in [2.45, 2.75) is 44.2 Å². The zero-order valence-electron chi connectivity index (χ0n) is 17.6. The van der Waals surface area contributed by atoms with Crippen molar-refractivity contribution in [2.24, 2.45) is 5.92 Å². The number of carbonyl (C=O) groups excluding carboxylic acids is 2. The van der Waals surface area contributed by atoms with E-state index in [1.807, 2.05) is 36.4 Å². The van der Waals surface area contributed by atoms with Gasteiger partial charge in [0.1, 0.15) is 18.2 Å². The van der Waals surface area contributed by atoms with Gasteiger partial charge in [-0.1, -0.05) is 62.4 Å². The molecule has 1 saturated carbocycles. The van der Waals surface area contributed by atoms with Gasteiger partial charge >= 0.3 is 12.1 Å². The Balaban J connectivity index is 1.41. The number of hydrogen-bond donors (Lipinski definition) is 3. The van der Waals surface area contributed by atoms with Crippen LogP contribution in [0, 0.1) is 5.92 Å². The van der Waals surface area contributed by atoms with Crippen LogP contribution in [0.25, 0.3) is 11.1 Å². The summed E-state index contributed by atoms with van der Waals surface area (Å²) in [5, 5.41) is 14.5. The van der Waals surface area contributed by atoms with Crippen LogP contribution in [-0.2, 0) is 14.3 Å². The Morgan fingerprint density at radius 1 is 1.03 bits per heavy atom. The predicted molar refractivity (Wildman–Crippen MR) is 115 cm³/mol. The second kappa shape index (κ2) is 8.06. The lowest BCUT2D eigenvalue weighted by molar-refractivity contribution is -0.143. The molecule has 4 rings (SSSR count). The molecule has 2 aliphatic carbocycles. The molecule has 0 aromatic heterocycles. The van der Waals surface area contributed by atoms with Gasteiger partial charge in [-0.05, 0) is 41.0 Å². The highest BCUT2D eigenvalue weighted by Gasteiger charge is 2.52. The third kappa shape index (κ3) is 4.00. The molecule has 2 amide bonds. The second-order valence-corrected chi connectivity index (χ2v) is 8.57. The van der Waals surface area contributed by atoms with Crippen LogP contribution in [0.5, 0.6) is 0 Å². The number of benzene rings is 2. The molecule has 31 heavy (non-hydrogen) atoms. The Morgan fingerprint density at radius 2 is 1.58 bits per heavy atom. The van der Waals surface area contributed by atoms with Crippen molar-refractivity contribution in [2.75, 3.05) is 6.61 Å².